The molecule has 0 aromatic heterocycles. The van der Waals surface area contributed by atoms with E-state index in [4.69, 9.17) is 4.74 Å². The van der Waals surface area contributed by atoms with E-state index >= 15 is 0 Å². The Kier molecular flexibility index (Phi) is 2.86. The van der Waals surface area contributed by atoms with Crippen molar-refractivity contribution in [3.8, 4) is 5.75 Å². The Hall–Kier alpha value is -1.31. The SMILES string of the molecule is COc1[c]c(CC(C)=O)ccc1. The molecule has 0 bridgehead atoms. The number of benzene rings is 1. The number of methoxy groups -OCH3 is 1. The molecule has 0 atom stereocenters. The van der Waals surface area contributed by atoms with E-state index in [0.717, 1.165) is 5.56 Å². The molecule has 0 spiro atoms. The van der Waals surface area contributed by atoms with E-state index in [1.165, 1.54) is 0 Å². The lowest BCUT2D eigenvalue weighted by atomic mass is 10.1. The molecule has 0 unspecified atom stereocenters. The Morgan fingerprint density at radius 1 is 1.58 bits per heavy atom. The second-order valence-corrected chi connectivity index (χ2v) is 2.62. The maximum atomic E-state index is 10.8. The second-order valence-electron chi connectivity index (χ2n) is 2.62. The van der Waals surface area contributed by atoms with Gasteiger partial charge in [-0.2, -0.15) is 0 Å². The first-order valence-corrected chi connectivity index (χ1v) is 3.77. The van der Waals surface area contributed by atoms with Gasteiger partial charge in [-0.25, -0.2) is 0 Å². The zero-order chi connectivity index (χ0) is 8.97. The van der Waals surface area contributed by atoms with E-state index in [-0.39, 0.29) is 5.78 Å². The van der Waals surface area contributed by atoms with Crippen LogP contribution in [-0.2, 0) is 11.2 Å². The zero-order valence-electron chi connectivity index (χ0n) is 7.26. The lowest BCUT2D eigenvalue weighted by molar-refractivity contribution is -0.116. The van der Waals surface area contributed by atoms with E-state index in [9.17, 15) is 4.79 Å². The van der Waals surface area contributed by atoms with Crippen molar-refractivity contribution in [1.29, 1.82) is 0 Å². The molecule has 2 nitrogen and oxygen atoms in total. The van der Waals surface area contributed by atoms with Crippen molar-refractivity contribution in [3.05, 3.63) is 29.8 Å². The highest BCUT2D eigenvalue weighted by Gasteiger charge is 1.98. The average Bonchev–Trinajstić information content (AvgIpc) is 2.03. The van der Waals surface area contributed by atoms with Crippen LogP contribution in [0.4, 0.5) is 0 Å². The van der Waals surface area contributed by atoms with Crippen LogP contribution in [-0.4, -0.2) is 12.9 Å². The van der Waals surface area contributed by atoms with Crippen LogP contribution in [0.2, 0.25) is 0 Å². The van der Waals surface area contributed by atoms with Crippen LogP contribution in [0.15, 0.2) is 18.2 Å². The van der Waals surface area contributed by atoms with Gasteiger partial charge in [-0.1, -0.05) is 12.1 Å². The maximum Gasteiger partial charge on any atom is 0.134 e. The molecule has 0 aliphatic heterocycles. The largest absolute Gasteiger partial charge is 0.496 e. The highest BCUT2D eigenvalue weighted by atomic mass is 16.5. The summed E-state index contributed by atoms with van der Waals surface area (Å²) in [6.45, 7) is 1.56. The predicted molar refractivity (Wildman–Crippen MR) is 46.2 cm³/mol. The van der Waals surface area contributed by atoms with Gasteiger partial charge in [-0.05, 0) is 18.6 Å². The molecule has 0 aliphatic rings. The predicted octanol–water partition coefficient (Wildman–Crippen LogP) is 1.63. The summed E-state index contributed by atoms with van der Waals surface area (Å²) >= 11 is 0. The third-order valence-electron chi connectivity index (χ3n) is 1.49. The van der Waals surface area contributed by atoms with E-state index in [2.05, 4.69) is 6.07 Å². The first kappa shape index (κ1) is 8.78. The van der Waals surface area contributed by atoms with Gasteiger partial charge in [-0.15, -0.1) is 0 Å². The second kappa shape index (κ2) is 3.90. The van der Waals surface area contributed by atoms with E-state index in [0.29, 0.717) is 12.2 Å². The molecule has 0 saturated carbocycles. The number of carbonyl (C=O) groups excluding carboxylic acids is 1. The molecule has 0 fully saturated rings. The zero-order valence-corrected chi connectivity index (χ0v) is 7.26. The minimum absolute atomic E-state index is 0.138. The topological polar surface area (TPSA) is 26.3 Å². The van der Waals surface area contributed by atoms with Crippen molar-refractivity contribution in [2.75, 3.05) is 7.11 Å². The summed E-state index contributed by atoms with van der Waals surface area (Å²) in [5.74, 6) is 0.813. The number of hydrogen-bond acceptors (Lipinski definition) is 2. The molecule has 0 aliphatic carbocycles. The van der Waals surface area contributed by atoms with Gasteiger partial charge in [0.25, 0.3) is 0 Å². The third kappa shape index (κ3) is 2.38. The van der Waals surface area contributed by atoms with Crippen molar-refractivity contribution in [3.63, 3.8) is 0 Å². The third-order valence-corrected chi connectivity index (χ3v) is 1.49. The van der Waals surface area contributed by atoms with Crippen molar-refractivity contribution < 1.29 is 9.53 Å². The van der Waals surface area contributed by atoms with Gasteiger partial charge in [0.15, 0.2) is 0 Å². The van der Waals surface area contributed by atoms with Crippen LogP contribution in [0.3, 0.4) is 0 Å². The Bertz CT molecular complexity index is 279. The van der Waals surface area contributed by atoms with Crippen LogP contribution >= 0.6 is 0 Å². The van der Waals surface area contributed by atoms with Crippen molar-refractivity contribution in [2.45, 2.75) is 13.3 Å². The summed E-state index contributed by atoms with van der Waals surface area (Å²) in [6.07, 6.45) is 0.428. The quantitative estimate of drug-likeness (QED) is 0.677. The fraction of sp³-hybridized carbons (Fsp3) is 0.300. The monoisotopic (exact) mass is 163 g/mol. The molecule has 1 aromatic rings. The Morgan fingerprint density at radius 3 is 2.92 bits per heavy atom. The van der Waals surface area contributed by atoms with Crippen molar-refractivity contribution in [2.24, 2.45) is 0 Å². The Morgan fingerprint density at radius 2 is 2.33 bits per heavy atom. The van der Waals surface area contributed by atoms with Gasteiger partial charge in [0.1, 0.15) is 11.5 Å². The fourth-order valence-electron chi connectivity index (χ4n) is 0.984. The standard InChI is InChI=1S/C10H11O2/c1-8(11)6-9-4-3-5-10(7-9)12-2/h3-5H,6H2,1-2H3. The lowest BCUT2D eigenvalue weighted by Crippen LogP contribution is -1.96. The number of carbonyl (C=O) groups is 1. The fourth-order valence-corrected chi connectivity index (χ4v) is 0.984. The first-order chi connectivity index (χ1) is 5.72. The summed E-state index contributed by atoms with van der Waals surface area (Å²) < 4.78 is 4.97. The molecular weight excluding hydrogens is 152 g/mol. The van der Waals surface area contributed by atoms with Gasteiger partial charge in [0.05, 0.1) is 7.11 Å². The number of rotatable bonds is 3. The van der Waals surface area contributed by atoms with Crippen LogP contribution in [0.25, 0.3) is 0 Å². The number of Topliss-reactive ketones (excluding diaryl/α,β-unsaturated/α-hetero) is 1. The smallest absolute Gasteiger partial charge is 0.134 e. The minimum atomic E-state index is 0.138. The van der Waals surface area contributed by atoms with Gasteiger partial charge < -0.3 is 4.74 Å². The summed E-state index contributed by atoms with van der Waals surface area (Å²) in [5, 5.41) is 0. The molecule has 2 heteroatoms. The van der Waals surface area contributed by atoms with Crippen LogP contribution < -0.4 is 4.74 Å². The molecule has 0 heterocycles. The molecule has 1 rings (SSSR count). The van der Waals surface area contributed by atoms with Gasteiger partial charge >= 0.3 is 0 Å². The van der Waals surface area contributed by atoms with E-state index in [1.54, 1.807) is 14.0 Å². The van der Waals surface area contributed by atoms with Crippen LogP contribution in [0.1, 0.15) is 12.5 Å². The van der Waals surface area contributed by atoms with Crippen molar-refractivity contribution in [1.82, 2.24) is 0 Å². The molecule has 63 valence electrons. The number of hydrogen-bond donors (Lipinski definition) is 0. The van der Waals surface area contributed by atoms with Gasteiger partial charge in [-0.3, -0.25) is 4.79 Å². The normalized spacial score (nSPS) is 9.50. The molecule has 0 N–H and O–H groups in total. The lowest BCUT2D eigenvalue weighted by Gasteiger charge is -2.00. The summed E-state index contributed by atoms with van der Waals surface area (Å²) in [7, 11) is 1.59. The first-order valence-electron chi connectivity index (χ1n) is 3.77. The Labute approximate surface area is 72.2 Å². The molecule has 0 amide bonds. The summed E-state index contributed by atoms with van der Waals surface area (Å²) in [5.41, 5.74) is 0.877. The average molecular weight is 163 g/mol. The number of ether oxygens (including phenoxy) is 1. The highest BCUT2D eigenvalue weighted by molar-refractivity contribution is 5.78. The molecule has 12 heavy (non-hydrogen) atoms. The van der Waals surface area contributed by atoms with Crippen molar-refractivity contribution >= 4 is 5.78 Å². The van der Waals surface area contributed by atoms with Crippen LogP contribution in [0, 0.1) is 6.07 Å². The molecule has 1 aromatic carbocycles. The molecule has 1 radical (unpaired) electrons. The minimum Gasteiger partial charge on any atom is -0.496 e. The highest BCUT2D eigenvalue weighted by Crippen LogP contribution is 2.11. The van der Waals surface area contributed by atoms with Crippen LogP contribution in [0.5, 0.6) is 5.75 Å². The van der Waals surface area contributed by atoms with Gasteiger partial charge in [0, 0.05) is 12.5 Å². The number of ketones is 1. The molecule has 0 saturated heterocycles. The Balaban J connectivity index is 2.79. The van der Waals surface area contributed by atoms with E-state index in [1.807, 2.05) is 18.2 Å². The summed E-state index contributed by atoms with van der Waals surface area (Å²) in [4.78, 5) is 10.8. The van der Waals surface area contributed by atoms with Gasteiger partial charge in [0.2, 0.25) is 0 Å². The summed E-state index contributed by atoms with van der Waals surface area (Å²) in [6, 6.07) is 8.51. The molecular formula is C10H11O2. The maximum absolute atomic E-state index is 10.8. The van der Waals surface area contributed by atoms with E-state index < -0.39 is 0 Å².